The average molecular weight is 264 g/mol. The van der Waals surface area contributed by atoms with Gasteiger partial charge in [0, 0.05) is 0 Å². The van der Waals surface area contributed by atoms with E-state index >= 15 is 0 Å². The number of hydrogen-bond acceptors (Lipinski definition) is 2. The molecule has 0 spiro atoms. The normalized spacial score (nSPS) is 13.8. The van der Waals surface area contributed by atoms with E-state index in [1.54, 1.807) is 14.2 Å². The second kappa shape index (κ2) is 9.41. The number of rotatable bonds is 10. The topological polar surface area (TPSA) is 18.5 Å². The molecule has 0 bridgehead atoms. The summed E-state index contributed by atoms with van der Waals surface area (Å²) in [5.74, 6) is 0. The Balaban J connectivity index is 3.95. The van der Waals surface area contributed by atoms with Gasteiger partial charge >= 0.3 is 106 Å². The Morgan fingerprint density at radius 1 is 1.12 bits per heavy atom. The van der Waals surface area contributed by atoms with Gasteiger partial charge in [-0.25, -0.2) is 0 Å². The van der Waals surface area contributed by atoms with E-state index in [9.17, 15) is 0 Å². The Morgan fingerprint density at radius 3 is 2.12 bits per heavy atom. The molecule has 0 aromatic rings. The molecule has 0 saturated heterocycles. The first-order chi connectivity index (χ1) is 7.64. The zero-order valence-electron chi connectivity index (χ0n) is 11.4. The Kier molecular flexibility index (Phi) is 9.63. The van der Waals surface area contributed by atoms with Crippen molar-refractivity contribution < 1.29 is 24.0 Å². The minimum atomic E-state index is -2.54. The molecule has 0 saturated carbocycles. The van der Waals surface area contributed by atoms with Crippen LogP contribution in [-0.2, 0) is 24.0 Å². The minimum absolute atomic E-state index is 0.455. The summed E-state index contributed by atoms with van der Waals surface area (Å²) < 4.78 is 11.7. The van der Waals surface area contributed by atoms with Gasteiger partial charge in [-0.3, -0.25) is 0 Å². The molecule has 0 aliphatic heterocycles. The summed E-state index contributed by atoms with van der Waals surface area (Å²) in [7, 11) is 3.55. The first kappa shape index (κ1) is 16.4. The van der Waals surface area contributed by atoms with Crippen LogP contribution in [0, 0.1) is 0 Å². The molecule has 0 aliphatic carbocycles. The predicted octanol–water partition coefficient (Wildman–Crippen LogP) is 4.65. The average Bonchev–Trinajstić information content (AvgIpc) is 2.33. The molecule has 0 radical (unpaired) electrons. The van der Waals surface area contributed by atoms with Crippen molar-refractivity contribution in [3.8, 4) is 0 Å². The summed E-state index contributed by atoms with van der Waals surface area (Å²) >= 11 is -2.54. The van der Waals surface area contributed by atoms with Crippen LogP contribution in [0.2, 0.25) is 9.45 Å². The van der Waals surface area contributed by atoms with Gasteiger partial charge in [0.25, 0.3) is 0 Å². The van der Waals surface area contributed by atoms with E-state index in [1.165, 1.54) is 38.5 Å². The second-order valence-corrected chi connectivity index (χ2v) is 10.1. The molecule has 96 valence electrons. The van der Waals surface area contributed by atoms with Crippen LogP contribution in [0.15, 0.2) is 12.7 Å². The summed E-state index contributed by atoms with van der Waals surface area (Å²) in [6.45, 7) is 6.17. The number of allylic oxidation sites excluding steroid dienone is 1. The predicted molar refractivity (Wildman–Crippen MR) is 67.2 cm³/mol. The number of unbranched alkanes of at least 4 members (excludes halogenated alkanes) is 4. The van der Waals surface area contributed by atoms with Crippen LogP contribution in [-0.4, -0.2) is 14.2 Å². The number of hydrogen-bond donors (Lipinski definition) is 0. The quantitative estimate of drug-likeness (QED) is 0.325. The van der Waals surface area contributed by atoms with E-state index in [0.717, 1.165) is 0 Å². The van der Waals surface area contributed by atoms with Crippen LogP contribution < -0.4 is 0 Å². The first-order valence-corrected chi connectivity index (χ1v) is 10.1. The summed E-state index contributed by atoms with van der Waals surface area (Å²) in [5, 5.41) is 2.17. The third-order valence-corrected chi connectivity index (χ3v) is 8.84. The van der Waals surface area contributed by atoms with E-state index < -0.39 is 17.4 Å². The molecule has 0 aromatic heterocycles. The fourth-order valence-corrected chi connectivity index (χ4v) is 4.96. The zero-order valence-corrected chi connectivity index (χ0v) is 13.0. The Bertz CT molecular complexity index is 179. The van der Waals surface area contributed by atoms with Gasteiger partial charge in [-0.1, -0.05) is 0 Å². The van der Waals surface area contributed by atoms with Gasteiger partial charge in [-0.05, 0) is 0 Å². The van der Waals surface area contributed by atoms with Crippen LogP contribution >= 0.6 is 0 Å². The molecule has 16 heavy (non-hydrogen) atoms. The maximum absolute atomic E-state index is 5.61. The van der Waals surface area contributed by atoms with Crippen molar-refractivity contribution in [2.75, 3.05) is 14.2 Å². The molecule has 0 aliphatic rings. The molecule has 0 amide bonds. The van der Waals surface area contributed by atoms with Gasteiger partial charge in [-0.15, -0.1) is 0 Å². The third kappa shape index (κ3) is 5.63. The van der Waals surface area contributed by atoms with Crippen molar-refractivity contribution in [1.82, 2.24) is 0 Å². The maximum atomic E-state index is 5.61. The Morgan fingerprint density at radius 2 is 1.69 bits per heavy atom. The molecule has 0 N–H and O–H groups in total. The summed E-state index contributed by atoms with van der Waals surface area (Å²) in [6.07, 6.45) is 9.80. The first-order valence-electron chi connectivity index (χ1n) is 6.37. The SMILES string of the molecule is C=C[CH](CCCCCCC)[Ti]([CH3])([O]C)[O]C. The second-order valence-electron chi connectivity index (χ2n) is 4.47. The van der Waals surface area contributed by atoms with Crippen LogP contribution in [0.5, 0.6) is 0 Å². The van der Waals surface area contributed by atoms with Crippen molar-refractivity contribution in [3.63, 3.8) is 0 Å². The molecule has 1 atom stereocenters. The van der Waals surface area contributed by atoms with Crippen LogP contribution in [0.25, 0.3) is 0 Å². The van der Waals surface area contributed by atoms with Crippen molar-refractivity contribution in [1.29, 1.82) is 0 Å². The Labute approximate surface area is 106 Å². The fraction of sp³-hybridized carbons (Fsp3) is 0.846. The summed E-state index contributed by atoms with van der Waals surface area (Å²) in [5.41, 5.74) is 0. The van der Waals surface area contributed by atoms with E-state index in [0.29, 0.717) is 4.22 Å². The molecule has 0 heterocycles. The molecular formula is C13H28O2Ti. The van der Waals surface area contributed by atoms with E-state index in [4.69, 9.17) is 6.64 Å². The van der Waals surface area contributed by atoms with Gasteiger partial charge in [0.2, 0.25) is 0 Å². The van der Waals surface area contributed by atoms with Crippen molar-refractivity contribution >= 4 is 0 Å². The van der Waals surface area contributed by atoms with Gasteiger partial charge in [0.1, 0.15) is 0 Å². The van der Waals surface area contributed by atoms with Gasteiger partial charge in [0.15, 0.2) is 0 Å². The molecule has 2 nitrogen and oxygen atoms in total. The molecule has 0 aromatic carbocycles. The van der Waals surface area contributed by atoms with Crippen LogP contribution in [0.1, 0.15) is 45.4 Å². The van der Waals surface area contributed by atoms with Gasteiger partial charge < -0.3 is 0 Å². The molecule has 0 rings (SSSR count). The standard InChI is InChI=1S/C10H19.2CH3O.CH3.Ti/c1-3-5-7-9-10-8-6-4-2;2*1-2;;/h3,5H,1,4,6-10H2,2H3;2*1H3;1H3;/q;2*-1;;+2. The Hall–Kier alpha value is 0.374. The third-order valence-electron chi connectivity index (χ3n) is 3.39. The molecular weight excluding hydrogens is 236 g/mol. The fourth-order valence-electron chi connectivity index (χ4n) is 1.95. The molecule has 3 heteroatoms. The summed E-state index contributed by atoms with van der Waals surface area (Å²) in [4.78, 5) is 0. The van der Waals surface area contributed by atoms with Crippen molar-refractivity contribution in [2.45, 2.75) is 54.9 Å². The van der Waals surface area contributed by atoms with E-state index in [1.807, 2.05) is 6.08 Å². The van der Waals surface area contributed by atoms with Gasteiger partial charge in [-0.2, -0.15) is 0 Å². The van der Waals surface area contributed by atoms with Gasteiger partial charge in [0.05, 0.1) is 0 Å². The van der Waals surface area contributed by atoms with E-state index in [-0.39, 0.29) is 0 Å². The molecule has 1 unspecified atom stereocenters. The van der Waals surface area contributed by atoms with Crippen molar-refractivity contribution in [3.05, 3.63) is 12.7 Å². The van der Waals surface area contributed by atoms with Crippen molar-refractivity contribution in [2.24, 2.45) is 0 Å². The van der Waals surface area contributed by atoms with E-state index in [2.05, 4.69) is 18.7 Å². The molecule has 0 fully saturated rings. The monoisotopic (exact) mass is 264 g/mol. The van der Waals surface area contributed by atoms with Crippen LogP contribution in [0.4, 0.5) is 0 Å². The zero-order chi connectivity index (χ0) is 12.4. The summed E-state index contributed by atoms with van der Waals surface area (Å²) in [6, 6.07) is 0. The van der Waals surface area contributed by atoms with Crippen LogP contribution in [0.3, 0.4) is 0 Å².